The van der Waals surface area contributed by atoms with Crippen molar-refractivity contribution < 1.29 is 19.3 Å². The Morgan fingerprint density at radius 3 is 2.50 bits per heavy atom. The van der Waals surface area contributed by atoms with Crippen LogP contribution in [-0.4, -0.2) is 42.3 Å². The van der Waals surface area contributed by atoms with Crippen molar-refractivity contribution in [3.63, 3.8) is 0 Å². The molecule has 2 aromatic carbocycles. The van der Waals surface area contributed by atoms with Gasteiger partial charge in [-0.15, -0.1) is 0 Å². The largest absolute Gasteiger partial charge is 0.497 e. The van der Waals surface area contributed by atoms with Gasteiger partial charge in [-0.05, 0) is 23.3 Å². The molecule has 3 atom stereocenters. The molecule has 1 N–H and O–H groups in total. The van der Waals surface area contributed by atoms with Gasteiger partial charge in [-0.1, -0.05) is 42.5 Å². The molecule has 1 fully saturated rings. The van der Waals surface area contributed by atoms with E-state index in [0.29, 0.717) is 6.42 Å². The average Bonchev–Trinajstić information content (AvgIpc) is 2.74. The van der Waals surface area contributed by atoms with Gasteiger partial charge in [0.05, 0.1) is 7.11 Å². The fraction of sp³-hybridized carbons (Fsp3) is 0.368. The molecule has 0 aliphatic carbocycles. The molecule has 5 heteroatoms. The molecule has 0 spiro atoms. The number of aliphatic hydroxyl groups excluding tert-OH is 1. The number of rotatable bonds is 4. The Morgan fingerprint density at radius 1 is 1.12 bits per heavy atom. The van der Waals surface area contributed by atoms with Crippen molar-refractivity contribution in [2.75, 3.05) is 20.2 Å². The van der Waals surface area contributed by atoms with E-state index in [1.165, 1.54) is 0 Å². The minimum Gasteiger partial charge on any atom is -0.497 e. The van der Waals surface area contributed by atoms with E-state index >= 15 is 0 Å². The molecule has 3 unspecified atom stereocenters. The first kappa shape index (κ1) is 16.6. The first-order valence-corrected chi connectivity index (χ1v) is 8.09. The quantitative estimate of drug-likeness (QED) is 0.876. The topological polar surface area (TPSA) is 58.8 Å². The van der Waals surface area contributed by atoms with Crippen molar-refractivity contribution in [1.29, 1.82) is 0 Å². The fourth-order valence-electron chi connectivity index (χ4n) is 3.03. The molecule has 0 bridgehead atoms. The van der Waals surface area contributed by atoms with Gasteiger partial charge in [0.1, 0.15) is 24.1 Å². The van der Waals surface area contributed by atoms with Crippen LogP contribution in [0.15, 0.2) is 54.6 Å². The van der Waals surface area contributed by atoms with Gasteiger partial charge in [-0.3, -0.25) is 0 Å². The summed E-state index contributed by atoms with van der Waals surface area (Å²) in [6.45, 7) is 0.297. The lowest BCUT2D eigenvalue weighted by molar-refractivity contribution is -0.557. The minimum absolute atomic E-state index is 0.0542. The summed E-state index contributed by atoms with van der Waals surface area (Å²) in [5, 5.41) is 10.3. The number of nitrogens with zero attached hydrogens (tertiary/aromatic N) is 1. The lowest BCUT2D eigenvalue weighted by Gasteiger charge is -2.22. The highest BCUT2D eigenvalue weighted by Crippen LogP contribution is 2.27. The molecule has 1 aliphatic heterocycles. The van der Waals surface area contributed by atoms with Gasteiger partial charge in [0.25, 0.3) is 0 Å². The monoisotopic (exact) mass is 328 g/mol. The first-order valence-electron chi connectivity index (χ1n) is 8.09. The van der Waals surface area contributed by atoms with Crippen LogP contribution in [-0.2, 0) is 11.2 Å². The van der Waals surface area contributed by atoms with Crippen molar-refractivity contribution in [2.45, 2.75) is 24.7 Å². The Morgan fingerprint density at radius 2 is 1.83 bits per heavy atom. The predicted octanol–water partition coefficient (Wildman–Crippen LogP) is 2.52. The summed E-state index contributed by atoms with van der Waals surface area (Å²) < 4.78 is 12.2. The van der Waals surface area contributed by atoms with Gasteiger partial charge < -0.3 is 14.6 Å². The highest BCUT2D eigenvalue weighted by atomic mass is 16.5. The lowest BCUT2D eigenvalue weighted by Crippen LogP contribution is -2.26. The predicted molar refractivity (Wildman–Crippen MR) is 90.1 cm³/mol. The minimum atomic E-state index is -0.842. The smallest absolute Gasteiger partial charge is 0.220 e. The number of nitroso groups, excluding NO2 is 1. The zero-order valence-electron chi connectivity index (χ0n) is 13.7. The molecule has 126 valence electrons. The van der Waals surface area contributed by atoms with Crippen LogP contribution in [0.1, 0.15) is 17.2 Å². The Balaban J connectivity index is 1.77. The Bertz CT molecular complexity index is 672. The second-order valence-corrected chi connectivity index (χ2v) is 6.06. The van der Waals surface area contributed by atoms with Crippen LogP contribution in [0.4, 0.5) is 0 Å². The van der Waals surface area contributed by atoms with E-state index in [-0.39, 0.29) is 19.2 Å². The highest BCUT2D eigenvalue weighted by Gasteiger charge is 2.36. The molecule has 1 saturated heterocycles. The van der Waals surface area contributed by atoms with Crippen LogP contribution in [0.3, 0.4) is 0 Å². The number of methoxy groups -OCH3 is 1. The van der Waals surface area contributed by atoms with E-state index in [4.69, 9.17) is 9.47 Å². The van der Waals surface area contributed by atoms with E-state index in [9.17, 15) is 10.0 Å². The number of ether oxygens (including phenoxy) is 2. The third kappa shape index (κ3) is 3.99. The molecule has 0 aromatic heterocycles. The molecular formula is C19H22NO4+. The van der Waals surface area contributed by atoms with Crippen molar-refractivity contribution in [3.05, 3.63) is 70.6 Å². The normalized spacial score (nSPS) is 24.4. The van der Waals surface area contributed by atoms with E-state index < -0.39 is 12.2 Å². The number of hydrogen-bond acceptors (Lipinski definition) is 4. The summed E-state index contributed by atoms with van der Waals surface area (Å²) in [5.74, 6) is 0.795. The lowest BCUT2D eigenvalue weighted by atomic mass is 10.0. The van der Waals surface area contributed by atoms with E-state index in [1.807, 2.05) is 54.6 Å². The van der Waals surface area contributed by atoms with Crippen LogP contribution in [0.5, 0.6) is 5.75 Å². The first-order chi connectivity index (χ1) is 11.7. The zero-order chi connectivity index (χ0) is 16.9. The molecule has 1 aliphatic rings. The molecule has 0 amide bonds. The molecule has 3 rings (SSSR count). The molecule has 0 saturated carbocycles. The third-order valence-electron chi connectivity index (χ3n) is 4.24. The number of β-amino-alcohol motifs (C(OH)–C–C–N with tert-alkyl or cyclic N) is 1. The molecule has 24 heavy (non-hydrogen) atoms. The Kier molecular flexibility index (Phi) is 5.23. The van der Waals surface area contributed by atoms with E-state index in [1.54, 1.807) is 7.11 Å². The maximum atomic E-state index is 12.0. The van der Waals surface area contributed by atoms with Gasteiger partial charge in [0.15, 0.2) is 0 Å². The number of hydrogen-bond donors (Lipinski definition) is 1. The SMILES string of the molecule is COc1ccc(CC2C[N+](=O)CC(O)C(c3ccccc3)O2)cc1. The van der Waals surface area contributed by atoms with Crippen LogP contribution in [0.25, 0.3) is 0 Å². The van der Waals surface area contributed by atoms with Gasteiger partial charge in [0.2, 0.25) is 13.1 Å². The van der Waals surface area contributed by atoms with Crippen LogP contribution in [0.2, 0.25) is 0 Å². The van der Waals surface area contributed by atoms with Gasteiger partial charge >= 0.3 is 0 Å². The van der Waals surface area contributed by atoms with Gasteiger partial charge in [-0.25, -0.2) is 0 Å². The standard InChI is InChI=1S/C19H22NO4/c1-23-16-9-7-14(8-10-16)11-17-12-20(22)13-18(21)19(24-17)15-5-3-2-4-6-15/h2-10,17-19,21H,11-13H2,1H3/q+1. The number of benzene rings is 2. The zero-order valence-corrected chi connectivity index (χ0v) is 13.7. The van der Waals surface area contributed by atoms with Crippen LogP contribution < -0.4 is 4.74 Å². The Labute approximate surface area is 141 Å². The molecule has 1 heterocycles. The van der Waals surface area contributed by atoms with Crippen LogP contribution in [0, 0.1) is 4.91 Å². The summed E-state index contributed by atoms with van der Waals surface area (Å²) in [4.78, 5) is 12.0. The second-order valence-electron chi connectivity index (χ2n) is 6.06. The summed E-state index contributed by atoms with van der Waals surface area (Å²) in [7, 11) is 1.63. The van der Waals surface area contributed by atoms with Crippen molar-refractivity contribution >= 4 is 0 Å². The summed E-state index contributed by atoms with van der Waals surface area (Å²) in [6, 6.07) is 17.3. The van der Waals surface area contributed by atoms with Crippen molar-refractivity contribution in [2.24, 2.45) is 0 Å². The second kappa shape index (κ2) is 7.55. The third-order valence-corrected chi connectivity index (χ3v) is 4.24. The maximum absolute atomic E-state index is 12.0. The van der Waals surface area contributed by atoms with Crippen LogP contribution >= 0.6 is 0 Å². The van der Waals surface area contributed by atoms with Crippen molar-refractivity contribution in [3.8, 4) is 5.75 Å². The molecule has 0 radical (unpaired) electrons. The summed E-state index contributed by atoms with van der Waals surface area (Å²) >= 11 is 0. The average molecular weight is 328 g/mol. The van der Waals surface area contributed by atoms with Gasteiger partial charge in [-0.2, -0.15) is 0 Å². The van der Waals surface area contributed by atoms with E-state index in [0.717, 1.165) is 21.6 Å². The van der Waals surface area contributed by atoms with E-state index in [2.05, 4.69) is 0 Å². The fourth-order valence-corrected chi connectivity index (χ4v) is 3.03. The maximum Gasteiger partial charge on any atom is 0.220 e. The van der Waals surface area contributed by atoms with Crippen molar-refractivity contribution in [1.82, 2.24) is 0 Å². The number of aliphatic hydroxyl groups is 1. The molecule has 5 nitrogen and oxygen atoms in total. The Hall–Kier alpha value is -2.24. The van der Waals surface area contributed by atoms with Gasteiger partial charge in [0, 0.05) is 16.1 Å². The summed E-state index contributed by atoms with van der Waals surface area (Å²) in [6.07, 6.45) is -1.00. The molecule has 2 aromatic rings. The summed E-state index contributed by atoms with van der Waals surface area (Å²) in [5.41, 5.74) is 1.96. The highest BCUT2D eigenvalue weighted by molar-refractivity contribution is 5.27. The molecular weight excluding hydrogens is 306 g/mol.